The van der Waals surface area contributed by atoms with E-state index < -0.39 is 0 Å². The highest BCUT2D eigenvalue weighted by molar-refractivity contribution is 5.81. The molecule has 0 aromatic heterocycles. The van der Waals surface area contributed by atoms with Crippen LogP contribution in [0.15, 0.2) is 0 Å². The smallest absolute Gasteiger partial charge is 0.239 e. The summed E-state index contributed by atoms with van der Waals surface area (Å²) in [6.07, 6.45) is 1.05. The van der Waals surface area contributed by atoms with Crippen LogP contribution in [0, 0.1) is 0 Å². The Morgan fingerprint density at radius 2 is 2.18 bits per heavy atom. The molecule has 0 bridgehead atoms. The van der Waals surface area contributed by atoms with Crippen molar-refractivity contribution in [1.82, 2.24) is 10.2 Å². The van der Waals surface area contributed by atoms with Gasteiger partial charge in [-0.05, 0) is 26.8 Å². The number of nitrogens with zero attached hydrogens (tertiary/aromatic N) is 1. The Morgan fingerprint density at radius 3 is 2.82 bits per heavy atom. The highest BCUT2D eigenvalue weighted by Gasteiger charge is 2.24. The molecular formula is C8H16N2O. The van der Waals surface area contributed by atoms with Crippen molar-refractivity contribution in [2.24, 2.45) is 0 Å². The van der Waals surface area contributed by atoms with Crippen LogP contribution in [0.3, 0.4) is 0 Å². The van der Waals surface area contributed by atoms with Crippen molar-refractivity contribution in [1.29, 1.82) is 0 Å². The maximum atomic E-state index is 11.4. The van der Waals surface area contributed by atoms with Crippen LogP contribution < -0.4 is 5.32 Å². The summed E-state index contributed by atoms with van der Waals surface area (Å²) < 4.78 is 0. The zero-order valence-corrected chi connectivity index (χ0v) is 7.42. The van der Waals surface area contributed by atoms with Crippen LogP contribution in [0.25, 0.3) is 0 Å². The van der Waals surface area contributed by atoms with E-state index in [1.807, 2.05) is 18.9 Å². The molecule has 0 radical (unpaired) electrons. The van der Waals surface area contributed by atoms with Gasteiger partial charge in [0, 0.05) is 13.1 Å². The van der Waals surface area contributed by atoms with Crippen LogP contribution in [0.2, 0.25) is 0 Å². The van der Waals surface area contributed by atoms with Crippen molar-refractivity contribution in [2.45, 2.75) is 32.4 Å². The molecule has 0 spiro atoms. The van der Waals surface area contributed by atoms with Crippen molar-refractivity contribution >= 4 is 5.91 Å². The normalized spacial score (nSPS) is 33.7. The first-order chi connectivity index (χ1) is 5.13. The van der Waals surface area contributed by atoms with E-state index in [0.29, 0.717) is 6.04 Å². The van der Waals surface area contributed by atoms with Crippen molar-refractivity contribution in [3.8, 4) is 0 Å². The predicted octanol–water partition coefficient (Wildman–Crippen LogP) is 0.215. The van der Waals surface area contributed by atoms with Gasteiger partial charge in [0.05, 0.1) is 6.04 Å². The third-order valence-corrected chi connectivity index (χ3v) is 2.39. The lowest BCUT2D eigenvalue weighted by Gasteiger charge is -2.22. The first-order valence-electron chi connectivity index (χ1n) is 4.13. The fourth-order valence-corrected chi connectivity index (χ4v) is 1.31. The van der Waals surface area contributed by atoms with Crippen LogP contribution in [0.5, 0.6) is 0 Å². The number of hydrogen-bond donors (Lipinski definition) is 1. The van der Waals surface area contributed by atoms with Gasteiger partial charge in [-0.2, -0.15) is 0 Å². The Labute approximate surface area is 67.8 Å². The molecule has 1 rings (SSSR count). The number of likely N-dealkylation sites (N-methyl/N-ethyl adjacent to an activating group) is 1. The molecule has 1 aliphatic heterocycles. The fraction of sp³-hybridized carbons (Fsp3) is 0.875. The first-order valence-corrected chi connectivity index (χ1v) is 4.13. The molecule has 1 aliphatic rings. The quantitative estimate of drug-likeness (QED) is 0.544. The molecule has 3 heteroatoms. The van der Waals surface area contributed by atoms with Gasteiger partial charge in [0.25, 0.3) is 0 Å². The number of nitrogens with one attached hydrogen (secondary N) is 1. The van der Waals surface area contributed by atoms with Crippen LogP contribution >= 0.6 is 0 Å². The minimum atomic E-state index is -0.00931. The molecular weight excluding hydrogens is 140 g/mol. The summed E-state index contributed by atoms with van der Waals surface area (Å²) in [6.45, 7) is 4.94. The topological polar surface area (TPSA) is 32.3 Å². The second kappa shape index (κ2) is 3.22. The van der Waals surface area contributed by atoms with Gasteiger partial charge < -0.3 is 10.2 Å². The second-order valence-corrected chi connectivity index (χ2v) is 3.26. The Balaban J connectivity index is 2.66. The lowest BCUT2D eigenvalue weighted by Crippen LogP contribution is -2.41. The van der Waals surface area contributed by atoms with Gasteiger partial charge in [0.2, 0.25) is 5.91 Å². The molecule has 2 atom stereocenters. The summed E-state index contributed by atoms with van der Waals surface area (Å²) in [5.74, 6) is 0.204. The van der Waals surface area contributed by atoms with E-state index in [1.165, 1.54) is 0 Å². The Morgan fingerprint density at radius 1 is 1.55 bits per heavy atom. The Bertz CT molecular complexity index is 158. The molecule has 0 aromatic rings. The summed E-state index contributed by atoms with van der Waals surface area (Å²) in [5, 5.41) is 3.16. The van der Waals surface area contributed by atoms with E-state index in [0.717, 1.165) is 13.0 Å². The van der Waals surface area contributed by atoms with Crippen LogP contribution in [0.1, 0.15) is 20.3 Å². The summed E-state index contributed by atoms with van der Waals surface area (Å²) in [7, 11) is 1.87. The molecule has 1 heterocycles. The average Bonchev–Trinajstić information content (AvgIpc) is 2.07. The monoisotopic (exact) mass is 156 g/mol. The standard InChI is InChI=1S/C8H16N2O/c1-6-4-5-9-7(2)8(11)10(6)3/h6-7,9H,4-5H2,1-3H3. The Hall–Kier alpha value is -0.570. The third kappa shape index (κ3) is 1.71. The van der Waals surface area contributed by atoms with Crippen molar-refractivity contribution in [3.63, 3.8) is 0 Å². The molecule has 0 aliphatic carbocycles. The third-order valence-electron chi connectivity index (χ3n) is 2.39. The molecule has 1 fully saturated rings. The van der Waals surface area contributed by atoms with E-state index >= 15 is 0 Å². The van der Waals surface area contributed by atoms with Crippen LogP contribution in [0.4, 0.5) is 0 Å². The van der Waals surface area contributed by atoms with Gasteiger partial charge in [0.1, 0.15) is 0 Å². The summed E-state index contributed by atoms with van der Waals surface area (Å²) in [6, 6.07) is 0.366. The number of amides is 1. The van der Waals surface area contributed by atoms with E-state index in [9.17, 15) is 4.79 Å². The summed E-state index contributed by atoms with van der Waals surface area (Å²) >= 11 is 0. The molecule has 1 N–H and O–H groups in total. The van der Waals surface area contributed by atoms with Gasteiger partial charge >= 0.3 is 0 Å². The Kier molecular flexibility index (Phi) is 2.49. The fourth-order valence-electron chi connectivity index (χ4n) is 1.31. The van der Waals surface area contributed by atoms with E-state index in [2.05, 4.69) is 12.2 Å². The molecule has 2 unspecified atom stereocenters. The maximum Gasteiger partial charge on any atom is 0.239 e. The molecule has 11 heavy (non-hydrogen) atoms. The van der Waals surface area contributed by atoms with Gasteiger partial charge in [-0.25, -0.2) is 0 Å². The first kappa shape index (κ1) is 8.53. The summed E-state index contributed by atoms with van der Waals surface area (Å²) in [4.78, 5) is 13.2. The number of carbonyl (C=O) groups excluding carboxylic acids is 1. The lowest BCUT2D eigenvalue weighted by molar-refractivity contribution is -0.132. The second-order valence-electron chi connectivity index (χ2n) is 3.26. The summed E-state index contributed by atoms with van der Waals surface area (Å²) in [5.41, 5.74) is 0. The zero-order chi connectivity index (χ0) is 8.43. The van der Waals surface area contributed by atoms with Crippen LogP contribution in [-0.4, -0.2) is 36.5 Å². The number of hydrogen-bond acceptors (Lipinski definition) is 2. The average molecular weight is 156 g/mol. The van der Waals surface area contributed by atoms with Gasteiger partial charge in [-0.15, -0.1) is 0 Å². The van der Waals surface area contributed by atoms with Crippen molar-refractivity contribution in [3.05, 3.63) is 0 Å². The molecule has 0 aromatic carbocycles. The van der Waals surface area contributed by atoms with Crippen molar-refractivity contribution in [2.75, 3.05) is 13.6 Å². The number of rotatable bonds is 0. The molecule has 0 saturated carbocycles. The highest BCUT2D eigenvalue weighted by atomic mass is 16.2. The SMILES string of the molecule is CC1NCCC(C)N(C)C1=O. The minimum Gasteiger partial charge on any atom is -0.342 e. The van der Waals surface area contributed by atoms with Gasteiger partial charge in [-0.3, -0.25) is 4.79 Å². The molecule has 64 valence electrons. The minimum absolute atomic E-state index is 0.00931. The predicted molar refractivity (Wildman–Crippen MR) is 44.3 cm³/mol. The van der Waals surface area contributed by atoms with E-state index in [-0.39, 0.29) is 11.9 Å². The maximum absolute atomic E-state index is 11.4. The van der Waals surface area contributed by atoms with Gasteiger partial charge in [-0.1, -0.05) is 0 Å². The largest absolute Gasteiger partial charge is 0.342 e. The van der Waals surface area contributed by atoms with E-state index in [1.54, 1.807) is 0 Å². The highest BCUT2D eigenvalue weighted by Crippen LogP contribution is 2.06. The lowest BCUT2D eigenvalue weighted by atomic mass is 10.2. The van der Waals surface area contributed by atoms with Gasteiger partial charge in [0.15, 0.2) is 0 Å². The molecule has 1 saturated heterocycles. The molecule has 1 amide bonds. The van der Waals surface area contributed by atoms with E-state index in [4.69, 9.17) is 0 Å². The molecule has 3 nitrogen and oxygen atoms in total. The zero-order valence-electron chi connectivity index (χ0n) is 7.42. The van der Waals surface area contributed by atoms with Crippen molar-refractivity contribution < 1.29 is 4.79 Å². The van der Waals surface area contributed by atoms with Crippen LogP contribution in [-0.2, 0) is 4.79 Å². The number of carbonyl (C=O) groups is 1.